The maximum atomic E-state index is 9.68. The predicted molar refractivity (Wildman–Crippen MR) is 88.8 cm³/mol. The van der Waals surface area contributed by atoms with Crippen LogP contribution in [0.2, 0.25) is 0 Å². The minimum absolute atomic E-state index is 0.0766. The van der Waals surface area contributed by atoms with Crippen molar-refractivity contribution >= 4 is 11.6 Å². The minimum Gasteiger partial charge on any atom is -0.396 e. The van der Waals surface area contributed by atoms with E-state index in [2.05, 4.69) is 48.3 Å². The largest absolute Gasteiger partial charge is 0.396 e. The van der Waals surface area contributed by atoms with Gasteiger partial charge in [-0.05, 0) is 26.2 Å². The quantitative estimate of drug-likeness (QED) is 0.618. The van der Waals surface area contributed by atoms with Gasteiger partial charge >= 0.3 is 0 Å². The summed E-state index contributed by atoms with van der Waals surface area (Å²) in [6, 6.07) is 0. The first-order valence-corrected chi connectivity index (χ1v) is 8.08. The van der Waals surface area contributed by atoms with Crippen molar-refractivity contribution in [1.29, 1.82) is 0 Å². The second-order valence-electron chi connectivity index (χ2n) is 5.55. The van der Waals surface area contributed by atoms with Crippen LogP contribution in [0, 0.1) is 5.41 Å². The lowest BCUT2D eigenvalue weighted by Gasteiger charge is -2.30. The van der Waals surface area contributed by atoms with Gasteiger partial charge in [-0.3, -0.25) is 0 Å². The highest BCUT2D eigenvalue weighted by Crippen LogP contribution is 2.28. The summed E-state index contributed by atoms with van der Waals surface area (Å²) >= 11 is 0. The zero-order valence-corrected chi connectivity index (χ0v) is 13.9. The molecule has 0 spiro atoms. The fraction of sp³-hybridized carbons (Fsp3) is 0.750. The van der Waals surface area contributed by atoms with E-state index >= 15 is 0 Å². The molecule has 0 saturated carbocycles. The van der Waals surface area contributed by atoms with Gasteiger partial charge in [-0.15, -0.1) is 0 Å². The molecule has 1 heterocycles. The summed E-state index contributed by atoms with van der Waals surface area (Å²) in [5.41, 5.74) is 1.06. The molecule has 21 heavy (non-hydrogen) atoms. The number of aliphatic hydroxyl groups is 1. The van der Waals surface area contributed by atoms with Crippen LogP contribution in [0.1, 0.15) is 52.5 Å². The van der Waals surface area contributed by atoms with E-state index in [0.717, 1.165) is 56.0 Å². The second-order valence-corrected chi connectivity index (χ2v) is 5.55. The molecular weight excluding hydrogens is 264 g/mol. The molecule has 0 unspecified atom stereocenters. The Morgan fingerprint density at radius 1 is 1.05 bits per heavy atom. The molecule has 0 saturated heterocycles. The Labute approximate surface area is 128 Å². The van der Waals surface area contributed by atoms with Gasteiger partial charge in [0.2, 0.25) is 0 Å². The number of nitrogens with zero attached hydrogens (tertiary/aromatic N) is 2. The number of nitrogens with one attached hydrogen (secondary N) is 2. The molecule has 5 nitrogen and oxygen atoms in total. The van der Waals surface area contributed by atoms with E-state index in [1.54, 1.807) is 6.33 Å². The van der Waals surface area contributed by atoms with Gasteiger partial charge in [-0.1, -0.05) is 27.2 Å². The lowest BCUT2D eigenvalue weighted by Crippen LogP contribution is -2.32. The van der Waals surface area contributed by atoms with Crippen LogP contribution in [0.4, 0.5) is 11.6 Å². The maximum absolute atomic E-state index is 9.68. The van der Waals surface area contributed by atoms with Crippen LogP contribution in [-0.4, -0.2) is 34.8 Å². The minimum atomic E-state index is -0.0766. The molecule has 120 valence electrons. The Morgan fingerprint density at radius 2 is 1.67 bits per heavy atom. The van der Waals surface area contributed by atoms with Crippen molar-refractivity contribution in [3.05, 3.63) is 11.9 Å². The first-order valence-electron chi connectivity index (χ1n) is 8.08. The van der Waals surface area contributed by atoms with E-state index in [1.807, 2.05) is 0 Å². The molecule has 1 aromatic rings. The third-order valence-electron chi connectivity index (χ3n) is 4.26. The lowest BCUT2D eigenvalue weighted by atomic mass is 9.83. The molecule has 1 aromatic heterocycles. The molecular formula is C16H30N4O. The Morgan fingerprint density at radius 3 is 2.14 bits per heavy atom. The summed E-state index contributed by atoms with van der Waals surface area (Å²) in [6.07, 6.45) is 5.48. The van der Waals surface area contributed by atoms with Gasteiger partial charge in [0.15, 0.2) is 0 Å². The van der Waals surface area contributed by atoms with Crippen LogP contribution in [-0.2, 0) is 6.42 Å². The van der Waals surface area contributed by atoms with Gasteiger partial charge in [0, 0.05) is 24.1 Å². The van der Waals surface area contributed by atoms with E-state index in [9.17, 15) is 5.11 Å². The number of anilines is 2. The zero-order chi connectivity index (χ0) is 15.7. The van der Waals surface area contributed by atoms with E-state index in [4.69, 9.17) is 0 Å². The van der Waals surface area contributed by atoms with Crippen molar-refractivity contribution in [2.45, 2.75) is 53.4 Å². The number of hydrogen-bond donors (Lipinski definition) is 3. The average molecular weight is 294 g/mol. The summed E-state index contributed by atoms with van der Waals surface area (Å²) < 4.78 is 0. The van der Waals surface area contributed by atoms with Crippen LogP contribution in [0.5, 0.6) is 0 Å². The van der Waals surface area contributed by atoms with Gasteiger partial charge in [-0.25, -0.2) is 9.97 Å². The van der Waals surface area contributed by atoms with Crippen molar-refractivity contribution in [2.24, 2.45) is 5.41 Å². The predicted octanol–water partition coefficient (Wildman–Crippen LogP) is 3.07. The van der Waals surface area contributed by atoms with Crippen molar-refractivity contribution < 1.29 is 5.11 Å². The second kappa shape index (κ2) is 8.82. The van der Waals surface area contributed by atoms with Crippen molar-refractivity contribution in [1.82, 2.24) is 9.97 Å². The fourth-order valence-electron chi connectivity index (χ4n) is 2.42. The normalized spacial score (nSPS) is 11.5. The Hall–Kier alpha value is -1.36. The molecule has 3 N–H and O–H groups in total. The maximum Gasteiger partial charge on any atom is 0.134 e. The van der Waals surface area contributed by atoms with Crippen molar-refractivity contribution in [3.63, 3.8) is 0 Å². The van der Waals surface area contributed by atoms with Crippen LogP contribution < -0.4 is 10.6 Å². The van der Waals surface area contributed by atoms with Crippen LogP contribution in [0.25, 0.3) is 0 Å². The number of rotatable bonds is 10. The summed E-state index contributed by atoms with van der Waals surface area (Å²) in [5.74, 6) is 1.81. The van der Waals surface area contributed by atoms with E-state index < -0.39 is 0 Å². The molecule has 1 rings (SSSR count). The highest BCUT2D eigenvalue weighted by atomic mass is 16.3. The topological polar surface area (TPSA) is 70.1 Å². The molecule has 0 aliphatic heterocycles. The molecule has 0 amide bonds. The van der Waals surface area contributed by atoms with Gasteiger partial charge < -0.3 is 15.7 Å². The standard InChI is InChI=1S/C16H30N4O/c1-5-9-13-14(17-8-4)19-12-20-15(13)18-10-16(6-2,7-3)11-21/h12,21H,5-11H2,1-4H3,(H2,17,18,19,20). The highest BCUT2D eigenvalue weighted by molar-refractivity contribution is 5.57. The summed E-state index contributed by atoms with van der Waals surface area (Å²) in [4.78, 5) is 8.74. The number of hydrogen-bond acceptors (Lipinski definition) is 5. The average Bonchev–Trinajstić information content (AvgIpc) is 2.52. The lowest BCUT2D eigenvalue weighted by molar-refractivity contribution is 0.127. The number of aromatic nitrogens is 2. The van der Waals surface area contributed by atoms with Crippen molar-refractivity contribution in [2.75, 3.05) is 30.3 Å². The third kappa shape index (κ3) is 4.56. The molecule has 0 aliphatic carbocycles. The Bertz CT molecular complexity index is 410. The molecule has 0 bridgehead atoms. The van der Waals surface area contributed by atoms with E-state index in [0.29, 0.717) is 0 Å². The van der Waals surface area contributed by atoms with Gasteiger partial charge in [-0.2, -0.15) is 0 Å². The first kappa shape index (κ1) is 17.7. The van der Waals surface area contributed by atoms with E-state index in [1.165, 1.54) is 0 Å². The van der Waals surface area contributed by atoms with Gasteiger partial charge in [0.1, 0.15) is 18.0 Å². The third-order valence-corrected chi connectivity index (χ3v) is 4.26. The summed E-state index contributed by atoms with van der Waals surface area (Å²) in [6.45, 7) is 10.2. The van der Waals surface area contributed by atoms with E-state index in [-0.39, 0.29) is 12.0 Å². The van der Waals surface area contributed by atoms with Crippen LogP contribution >= 0.6 is 0 Å². The molecule has 0 aromatic carbocycles. The van der Waals surface area contributed by atoms with Crippen LogP contribution in [0.15, 0.2) is 6.33 Å². The smallest absolute Gasteiger partial charge is 0.134 e. The monoisotopic (exact) mass is 294 g/mol. The first-order chi connectivity index (χ1) is 10.2. The van der Waals surface area contributed by atoms with Gasteiger partial charge in [0.25, 0.3) is 0 Å². The molecule has 0 aliphatic rings. The number of aliphatic hydroxyl groups excluding tert-OH is 1. The molecule has 5 heteroatoms. The van der Waals surface area contributed by atoms with Gasteiger partial charge in [0.05, 0.1) is 6.61 Å². The Kier molecular flexibility index (Phi) is 7.43. The molecule has 0 atom stereocenters. The SMILES string of the molecule is CCCc1c(NCC)ncnc1NCC(CC)(CC)CO. The molecule has 0 fully saturated rings. The van der Waals surface area contributed by atoms with Crippen LogP contribution in [0.3, 0.4) is 0 Å². The highest BCUT2D eigenvalue weighted by Gasteiger charge is 2.25. The summed E-state index contributed by atoms with van der Waals surface area (Å²) in [5, 5.41) is 16.4. The van der Waals surface area contributed by atoms with Crippen molar-refractivity contribution in [3.8, 4) is 0 Å². The molecule has 0 radical (unpaired) electrons. The fourth-order valence-corrected chi connectivity index (χ4v) is 2.42. The summed E-state index contributed by atoms with van der Waals surface area (Å²) in [7, 11) is 0. The Balaban J connectivity index is 2.93. The zero-order valence-electron chi connectivity index (χ0n) is 13.9.